The zero-order valence-electron chi connectivity index (χ0n) is 23.6. The molecule has 0 saturated heterocycles. The van der Waals surface area contributed by atoms with Gasteiger partial charge in [0.2, 0.25) is 0 Å². The van der Waals surface area contributed by atoms with Crippen LogP contribution >= 0.6 is 35.3 Å². The van der Waals surface area contributed by atoms with Crippen LogP contribution in [0, 0.1) is 11.3 Å². The number of ether oxygens (including phenoxy) is 2. The third-order valence-corrected chi connectivity index (χ3v) is 9.40. The number of hydrogen-bond acceptors (Lipinski definition) is 8. The van der Waals surface area contributed by atoms with Gasteiger partial charge in [-0.3, -0.25) is 4.79 Å². The number of pyridine rings is 1. The molecule has 0 aliphatic rings. The monoisotopic (exact) mass is 594 g/mol. The van der Waals surface area contributed by atoms with E-state index in [0.29, 0.717) is 10.6 Å². The highest BCUT2D eigenvalue weighted by atomic mass is 32.2. The summed E-state index contributed by atoms with van der Waals surface area (Å²) in [7, 11) is 1.63. The Kier molecular flexibility index (Phi) is 14.3. The Morgan fingerprint density at radius 3 is 2.17 bits per heavy atom. The first-order chi connectivity index (χ1) is 19.6. The number of nitriles is 1. The first-order valence-electron chi connectivity index (χ1n) is 13.7. The van der Waals surface area contributed by atoms with Crippen molar-refractivity contribution in [3.63, 3.8) is 0 Å². The molecular weight excluding hydrogens is 557 g/mol. The van der Waals surface area contributed by atoms with Crippen molar-refractivity contribution in [1.82, 2.24) is 4.98 Å². The van der Waals surface area contributed by atoms with Gasteiger partial charge in [0.05, 0.1) is 24.1 Å². The molecule has 212 valence electrons. The number of aromatic nitrogens is 1. The maximum absolute atomic E-state index is 13.0. The summed E-state index contributed by atoms with van der Waals surface area (Å²) in [5.41, 5.74) is 3.81. The molecule has 0 aliphatic carbocycles. The molecule has 2 aromatic carbocycles. The molecule has 0 amide bonds. The standard InChI is InChI=1S/C32H38N2O3S3/c1-4-6-17-38-21-27(22-39-18-7-5-2)37-31(35)23-40-32-29(20-33)28(24-11-9-8-10-12-24)19-30(34-32)25-13-15-26(36-3)16-14-25/h8-16,19,27H,4-7,17-18,21-23H2,1-3H3. The smallest absolute Gasteiger partial charge is 0.316 e. The molecule has 1 heterocycles. The van der Waals surface area contributed by atoms with Crippen LogP contribution in [-0.4, -0.2) is 52.9 Å². The fourth-order valence-corrected chi connectivity index (χ4v) is 7.03. The minimum absolute atomic E-state index is 0.0950. The Hall–Kier alpha value is -2.60. The third kappa shape index (κ3) is 10.1. The number of carbonyl (C=O) groups is 1. The molecule has 5 nitrogen and oxygen atoms in total. The Labute approximate surface area is 251 Å². The van der Waals surface area contributed by atoms with E-state index in [4.69, 9.17) is 14.5 Å². The van der Waals surface area contributed by atoms with Gasteiger partial charge in [-0.1, -0.05) is 68.8 Å². The average Bonchev–Trinajstić information content (AvgIpc) is 3.00. The molecule has 3 rings (SSSR count). The van der Waals surface area contributed by atoms with E-state index in [1.807, 2.05) is 84.2 Å². The summed E-state index contributed by atoms with van der Waals surface area (Å²) in [5.74, 6) is 4.35. The van der Waals surface area contributed by atoms with E-state index in [-0.39, 0.29) is 17.8 Å². The van der Waals surface area contributed by atoms with E-state index in [1.165, 1.54) is 24.6 Å². The van der Waals surface area contributed by atoms with Gasteiger partial charge in [-0.25, -0.2) is 4.98 Å². The van der Waals surface area contributed by atoms with Crippen molar-refractivity contribution >= 4 is 41.3 Å². The van der Waals surface area contributed by atoms with Crippen molar-refractivity contribution in [2.75, 3.05) is 35.9 Å². The molecular formula is C32H38N2O3S3. The molecule has 0 radical (unpaired) electrons. The first kappa shape index (κ1) is 31.9. The molecule has 40 heavy (non-hydrogen) atoms. The highest BCUT2D eigenvalue weighted by Gasteiger charge is 2.19. The molecule has 0 fully saturated rings. The van der Waals surface area contributed by atoms with Gasteiger partial charge in [0.25, 0.3) is 0 Å². The third-order valence-electron chi connectivity index (χ3n) is 6.09. The van der Waals surface area contributed by atoms with Crippen LogP contribution in [0.1, 0.15) is 45.1 Å². The minimum Gasteiger partial charge on any atom is -0.497 e. The SMILES string of the molecule is CCCCSCC(CSCCCC)OC(=O)CSc1nc(-c2ccc(OC)cc2)cc(-c2ccccc2)c1C#N. The lowest BCUT2D eigenvalue weighted by Gasteiger charge is -2.18. The number of methoxy groups -OCH3 is 1. The molecule has 1 aromatic heterocycles. The second-order valence-corrected chi connectivity index (χ2v) is 12.5. The lowest BCUT2D eigenvalue weighted by Crippen LogP contribution is -2.24. The second-order valence-electron chi connectivity index (χ2n) is 9.20. The molecule has 3 aromatic rings. The maximum atomic E-state index is 13.0. The summed E-state index contributed by atoms with van der Waals surface area (Å²) in [5, 5.41) is 10.7. The van der Waals surface area contributed by atoms with Crippen LogP contribution in [0.4, 0.5) is 0 Å². The summed E-state index contributed by atoms with van der Waals surface area (Å²) in [6.45, 7) is 4.37. The summed E-state index contributed by atoms with van der Waals surface area (Å²) in [4.78, 5) is 17.8. The fourth-order valence-electron chi connectivity index (χ4n) is 3.87. The number of nitrogens with zero attached hydrogens (tertiary/aromatic N) is 2. The molecule has 0 spiro atoms. The molecule has 8 heteroatoms. The van der Waals surface area contributed by atoms with Gasteiger partial charge in [-0.05, 0) is 60.2 Å². The van der Waals surface area contributed by atoms with Gasteiger partial charge >= 0.3 is 5.97 Å². The lowest BCUT2D eigenvalue weighted by atomic mass is 9.99. The van der Waals surface area contributed by atoms with E-state index >= 15 is 0 Å². The molecule has 0 saturated carbocycles. The molecule has 0 N–H and O–H groups in total. The van der Waals surface area contributed by atoms with Crippen LogP contribution < -0.4 is 4.74 Å². The topological polar surface area (TPSA) is 72.2 Å². The highest BCUT2D eigenvalue weighted by Crippen LogP contribution is 2.34. The van der Waals surface area contributed by atoms with E-state index in [0.717, 1.165) is 64.0 Å². The largest absolute Gasteiger partial charge is 0.497 e. The van der Waals surface area contributed by atoms with Crippen LogP contribution in [0.25, 0.3) is 22.4 Å². The number of carbonyl (C=O) groups excluding carboxylic acids is 1. The normalized spacial score (nSPS) is 10.9. The molecule has 0 bridgehead atoms. The van der Waals surface area contributed by atoms with Crippen LogP contribution in [0.2, 0.25) is 0 Å². The molecule has 0 aliphatic heterocycles. The Balaban J connectivity index is 1.80. The van der Waals surface area contributed by atoms with E-state index in [2.05, 4.69) is 19.9 Å². The van der Waals surface area contributed by atoms with E-state index in [9.17, 15) is 10.1 Å². The lowest BCUT2D eigenvalue weighted by molar-refractivity contribution is -0.143. The minimum atomic E-state index is -0.274. The van der Waals surface area contributed by atoms with Gasteiger partial charge in [-0.15, -0.1) is 0 Å². The second kappa shape index (κ2) is 18.0. The number of thioether (sulfide) groups is 3. The molecule has 0 atom stereocenters. The Morgan fingerprint density at radius 2 is 1.60 bits per heavy atom. The number of unbranched alkanes of at least 4 members (excludes halogenated alkanes) is 2. The van der Waals surface area contributed by atoms with Gasteiger partial charge in [-0.2, -0.15) is 28.8 Å². The van der Waals surface area contributed by atoms with Crippen molar-refractivity contribution < 1.29 is 14.3 Å². The van der Waals surface area contributed by atoms with Crippen molar-refractivity contribution in [1.29, 1.82) is 5.26 Å². The average molecular weight is 595 g/mol. The molecule has 0 unspecified atom stereocenters. The van der Waals surface area contributed by atoms with Crippen molar-refractivity contribution in [3.05, 3.63) is 66.2 Å². The van der Waals surface area contributed by atoms with Crippen molar-refractivity contribution in [2.24, 2.45) is 0 Å². The maximum Gasteiger partial charge on any atom is 0.316 e. The van der Waals surface area contributed by atoms with E-state index in [1.54, 1.807) is 7.11 Å². The van der Waals surface area contributed by atoms with Gasteiger partial charge < -0.3 is 9.47 Å². The highest BCUT2D eigenvalue weighted by molar-refractivity contribution is 8.00. The Morgan fingerprint density at radius 1 is 0.950 bits per heavy atom. The quantitative estimate of drug-likeness (QED) is 0.0877. The zero-order valence-corrected chi connectivity index (χ0v) is 26.0. The van der Waals surface area contributed by atoms with Crippen LogP contribution in [0.15, 0.2) is 65.7 Å². The van der Waals surface area contributed by atoms with Crippen LogP contribution in [-0.2, 0) is 9.53 Å². The number of hydrogen-bond donors (Lipinski definition) is 0. The first-order valence-corrected chi connectivity index (χ1v) is 17.0. The summed E-state index contributed by atoms with van der Waals surface area (Å²) in [6, 6.07) is 21.8. The van der Waals surface area contributed by atoms with Crippen molar-refractivity contribution in [2.45, 2.75) is 50.7 Å². The van der Waals surface area contributed by atoms with Crippen LogP contribution in [0.3, 0.4) is 0 Å². The zero-order chi connectivity index (χ0) is 28.6. The van der Waals surface area contributed by atoms with Gasteiger partial charge in [0, 0.05) is 22.6 Å². The van der Waals surface area contributed by atoms with Crippen LogP contribution in [0.5, 0.6) is 5.75 Å². The number of esters is 1. The summed E-state index contributed by atoms with van der Waals surface area (Å²) in [6.07, 6.45) is 4.54. The summed E-state index contributed by atoms with van der Waals surface area (Å²) >= 11 is 4.97. The number of rotatable bonds is 17. The van der Waals surface area contributed by atoms with E-state index < -0.39 is 0 Å². The Bertz CT molecular complexity index is 1220. The summed E-state index contributed by atoms with van der Waals surface area (Å²) < 4.78 is 11.2. The fraction of sp³-hybridized carbons (Fsp3) is 0.406. The number of benzene rings is 2. The predicted octanol–water partition coefficient (Wildman–Crippen LogP) is 8.37. The van der Waals surface area contributed by atoms with Gasteiger partial charge in [0.15, 0.2) is 0 Å². The predicted molar refractivity (Wildman–Crippen MR) is 171 cm³/mol. The van der Waals surface area contributed by atoms with Gasteiger partial charge in [0.1, 0.15) is 22.9 Å². The van der Waals surface area contributed by atoms with Crippen molar-refractivity contribution in [3.8, 4) is 34.2 Å².